The van der Waals surface area contributed by atoms with Crippen molar-refractivity contribution in [2.45, 2.75) is 43.7 Å². The van der Waals surface area contributed by atoms with Crippen molar-refractivity contribution in [2.75, 3.05) is 0 Å². The molecule has 0 spiro atoms. The van der Waals surface area contributed by atoms with Gasteiger partial charge < -0.3 is 10.0 Å². The smallest absolute Gasteiger partial charge is 0.407 e. The summed E-state index contributed by atoms with van der Waals surface area (Å²) in [6.45, 7) is 0. The maximum atomic E-state index is 11.2. The van der Waals surface area contributed by atoms with E-state index in [-0.39, 0.29) is 12.1 Å². The molecule has 1 amide bonds. The molecule has 2 atom stereocenters. The van der Waals surface area contributed by atoms with E-state index in [0.717, 1.165) is 25.7 Å². The van der Waals surface area contributed by atoms with E-state index in [1.165, 1.54) is 5.56 Å². The highest BCUT2D eigenvalue weighted by Gasteiger charge is 2.43. The molecule has 1 N–H and O–H groups in total. The number of carboxylic acid groups (broad SMARTS) is 1. The molecular formula is C15H16N2O2. The quantitative estimate of drug-likeness (QED) is 0.840. The molecule has 0 aliphatic carbocycles. The maximum Gasteiger partial charge on any atom is 0.407 e. The van der Waals surface area contributed by atoms with E-state index >= 15 is 0 Å². The van der Waals surface area contributed by atoms with Crippen molar-refractivity contribution < 1.29 is 9.90 Å². The van der Waals surface area contributed by atoms with Gasteiger partial charge in [-0.15, -0.1) is 0 Å². The van der Waals surface area contributed by atoms with Gasteiger partial charge in [-0.1, -0.05) is 12.1 Å². The number of fused-ring (bicyclic) bond motifs is 2. The van der Waals surface area contributed by atoms with Gasteiger partial charge in [0.05, 0.1) is 11.6 Å². The molecule has 2 fully saturated rings. The van der Waals surface area contributed by atoms with Crippen molar-refractivity contribution in [3.8, 4) is 6.07 Å². The van der Waals surface area contributed by atoms with Gasteiger partial charge in [0.25, 0.3) is 0 Å². The number of amides is 1. The standard InChI is InChI=1S/C15H16N2O2/c16-9-10-1-3-11(4-2-10)12-7-13-5-6-14(8-12)17(13)15(18)19/h1-4,12-14H,5-8H2,(H,18,19). The molecule has 1 aromatic carbocycles. The van der Waals surface area contributed by atoms with Crippen molar-refractivity contribution in [3.05, 3.63) is 35.4 Å². The molecule has 0 saturated carbocycles. The molecule has 19 heavy (non-hydrogen) atoms. The summed E-state index contributed by atoms with van der Waals surface area (Å²) in [7, 11) is 0. The van der Waals surface area contributed by atoms with Crippen LogP contribution in [0, 0.1) is 11.3 Å². The zero-order valence-corrected chi connectivity index (χ0v) is 10.6. The fourth-order valence-corrected chi connectivity index (χ4v) is 3.59. The second kappa shape index (κ2) is 4.58. The Kier molecular flexibility index (Phi) is 2.90. The monoisotopic (exact) mass is 256 g/mol. The van der Waals surface area contributed by atoms with E-state index in [4.69, 9.17) is 5.26 Å². The van der Waals surface area contributed by atoms with Crippen LogP contribution in [0.4, 0.5) is 4.79 Å². The van der Waals surface area contributed by atoms with Crippen LogP contribution in [0.1, 0.15) is 42.7 Å². The lowest BCUT2D eigenvalue weighted by molar-refractivity contribution is 0.0965. The normalized spacial score (nSPS) is 29.0. The van der Waals surface area contributed by atoms with Gasteiger partial charge in [0, 0.05) is 12.1 Å². The van der Waals surface area contributed by atoms with Crippen molar-refractivity contribution in [2.24, 2.45) is 0 Å². The Morgan fingerprint density at radius 1 is 1.21 bits per heavy atom. The summed E-state index contributed by atoms with van der Waals surface area (Å²) in [6.07, 6.45) is 3.03. The predicted molar refractivity (Wildman–Crippen MR) is 69.8 cm³/mol. The number of benzene rings is 1. The van der Waals surface area contributed by atoms with Crippen molar-refractivity contribution in [1.29, 1.82) is 5.26 Å². The van der Waals surface area contributed by atoms with Crippen LogP contribution >= 0.6 is 0 Å². The van der Waals surface area contributed by atoms with Crippen molar-refractivity contribution in [1.82, 2.24) is 4.90 Å². The zero-order chi connectivity index (χ0) is 13.4. The largest absolute Gasteiger partial charge is 0.465 e. The van der Waals surface area contributed by atoms with E-state index in [9.17, 15) is 9.90 Å². The molecule has 2 saturated heterocycles. The van der Waals surface area contributed by atoms with Gasteiger partial charge in [0.2, 0.25) is 0 Å². The molecule has 2 aliphatic rings. The minimum absolute atomic E-state index is 0.178. The van der Waals surface area contributed by atoms with E-state index in [2.05, 4.69) is 6.07 Å². The number of piperidine rings is 1. The Hall–Kier alpha value is -2.02. The summed E-state index contributed by atoms with van der Waals surface area (Å²) in [6, 6.07) is 10.2. The molecule has 0 aromatic heterocycles. The van der Waals surface area contributed by atoms with E-state index in [1.807, 2.05) is 24.3 Å². The third-order valence-electron chi connectivity index (χ3n) is 4.47. The molecule has 2 aliphatic heterocycles. The number of rotatable bonds is 1. The van der Waals surface area contributed by atoms with Crippen molar-refractivity contribution in [3.63, 3.8) is 0 Å². The van der Waals surface area contributed by atoms with Crippen LogP contribution in [-0.2, 0) is 0 Å². The molecule has 2 unspecified atom stereocenters. The van der Waals surface area contributed by atoms with Crippen LogP contribution in [-0.4, -0.2) is 28.2 Å². The van der Waals surface area contributed by atoms with Gasteiger partial charge in [-0.05, 0) is 49.3 Å². The summed E-state index contributed by atoms with van der Waals surface area (Å²) in [4.78, 5) is 12.9. The lowest BCUT2D eigenvalue weighted by Gasteiger charge is -2.37. The van der Waals surface area contributed by atoms with E-state index < -0.39 is 6.09 Å². The Morgan fingerprint density at radius 3 is 2.26 bits per heavy atom. The average Bonchev–Trinajstić information content (AvgIpc) is 2.70. The van der Waals surface area contributed by atoms with Gasteiger partial charge in [-0.3, -0.25) is 0 Å². The van der Waals surface area contributed by atoms with Crippen LogP contribution in [0.3, 0.4) is 0 Å². The number of nitrogens with zero attached hydrogens (tertiary/aromatic N) is 2. The van der Waals surface area contributed by atoms with Gasteiger partial charge >= 0.3 is 6.09 Å². The molecule has 4 heteroatoms. The third kappa shape index (κ3) is 2.06. The molecule has 2 bridgehead atoms. The summed E-state index contributed by atoms with van der Waals surface area (Å²) in [5, 5.41) is 18.0. The third-order valence-corrected chi connectivity index (χ3v) is 4.47. The molecule has 98 valence electrons. The fourth-order valence-electron chi connectivity index (χ4n) is 3.59. The first-order chi connectivity index (χ1) is 9.19. The van der Waals surface area contributed by atoms with E-state index in [1.54, 1.807) is 4.90 Å². The molecule has 3 rings (SSSR count). The lowest BCUT2D eigenvalue weighted by atomic mass is 9.85. The zero-order valence-electron chi connectivity index (χ0n) is 10.6. The topological polar surface area (TPSA) is 64.3 Å². The predicted octanol–water partition coefficient (Wildman–Crippen LogP) is 2.95. The second-order valence-electron chi connectivity index (χ2n) is 5.48. The Morgan fingerprint density at radius 2 is 1.79 bits per heavy atom. The maximum absolute atomic E-state index is 11.2. The highest BCUT2D eigenvalue weighted by Crippen LogP contribution is 2.42. The fraction of sp³-hybridized carbons (Fsp3) is 0.467. The number of nitriles is 1. The number of hydrogen-bond donors (Lipinski definition) is 1. The minimum atomic E-state index is -0.772. The SMILES string of the molecule is N#Cc1ccc(C2CC3CCC(C2)N3C(=O)O)cc1. The molecular weight excluding hydrogens is 240 g/mol. The summed E-state index contributed by atoms with van der Waals surface area (Å²) < 4.78 is 0. The second-order valence-corrected chi connectivity index (χ2v) is 5.48. The minimum Gasteiger partial charge on any atom is -0.465 e. The number of hydrogen-bond acceptors (Lipinski definition) is 2. The van der Waals surface area contributed by atoms with Gasteiger partial charge in [-0.25, -0.2) is 4.79 Å². The Bertz CT molecular complexity index is 518. The van der Waals surface area contributed by atoms with Crippen LogP contribution < -0.4 is 0 Å². The van der Waals surface area contributed by atoms with Crippen LogP contribution in [0.25, 0.3) is 0 Å². The van der Waals surface area contributed by atoms with Crippen LogP contribution in [0.5, 0.6) is 0 Å². The Labute approximate surface area is 112 Å². The summed E-state index contributed by atoms with van der Waals surface area (Å²) in [5.74, 6) is 0.431. The highest BCUT2D eigenvalue weighted by atomic mass is 16.4. The first kappa shape index (κ1) is 12.0. The molecule has 0 radical (unpaired) electrons. The average molecular weight is 256 g/mol. The van der Waals surface area contributed by atoms with Crippen LogP contribution in [0.2, 0.25) is 0 Å². The van der Waals surface area contributed by atoms with Gasteiger partial charge in [-0.2, -0.15) is 5.26 Å². The van der Waals surface area contributed by atoms with Crippen molar-refractivity contribution >= 4 is 6.09 Å². The summed E-state index contributed by atoms with van der Waals surface area (Å²) >= 11 is 0. The molecule has 1 aromatic rings. The first-order valence-electron chi connectivity index (χ1n) is 6.70. The van der Waals surface area contributed by atoms with Crippen LogP contribution in [0.15, 0.2) is 24.3 Å². The molecule has 4 nitrogen and oxygen atoms in total. The highest BCUT2D eigenvalue weighted by molar-refractivity contribution is 5.66. The lowest BCUT2D eigenvalue weighted by Crippen LogP contribution is -2.45. The van der Waals surface area contributed by atoms with E-state index in [0.29, 0.717) is 11.5 Å². The van der Waals surface area contributed by atoms with Gasteiger partial charge in [0.1, 0.15) is 0 Å². The first-order valence-corrected chi connectivity index (χ1v) is 6.70. The molecule has 2 heterocycles. The summed E-state index contributed by atoms with van der Waals surface area (Å²) in [5.41, 5.74) is 1.91. The van der Waals surface area contributed by atoms with Gasteiger partial charge in [0.15, 0.2) is 0 Å². The number of carbonyl (C=O) groups is 1. The Balaban J connectivity index is 1.79.